The lowest BCUT2D eigenvalue weighted by molar-refractivity contribution is 0.443. The second kappa shape index (κ2) is 11.0. The lowest BCUT2D eigenvalue weighted by atomic mass is 10.1. The van der Waals surface area contributed by atoms with Crippen molar-refractivity contribution in [3.8, 4) is 11.5 Å². The van der Waals surface area contributed by atoms with E-state index >= 15 is 0 Å². The summed E-state index contributed by atoms with van der Waals surface area (Å²) in [6.07, 6.45) is 5.37. The maximum absolute atomic E-state index is 6.26. The minimum Gasteiger partial charge on any atom is -0.453 e. The van der Waals surface area contributed by atoms with E-state index in [-0.39, 0.29) is 0 Å². The number of anilines is 2. The zero-order valence-electron chi connectivity index (χ0n) is 20.5. The molecule has 188 valence electrons. The van der Waals surface area contributed by atoms with Gasteiger partial charge in [-0.2, -0.15) is 0 Å². The Balaban J connectivity index is 1.25. The monoisotopic (exact) mass is 537 g/mol. The molecule has 6 aromatic rings. The summed E-state index contributed by atoms with van der Waals surface area (Å²) in [5.41, 5.74) is 3.67. The Hall–Kier alpha value is -4.21. The second-order valence-electron chi connectivity index (χ2n) is 8.55. The second-order valence-corrected chi connectivity index (χ2v) is 10.5. The number of hydrogen-bond donors (Lipinski definition) is 1. The Morgan fingerprint density at radius 3 is 2.63 bits per heavy atom. The molecule has 4 heterocycles. The average molecular weight is 538 g/mol. The number of fused-ring (bicyclic) bond motifs is 1. The van der Waals surface area contributed by atoms with Crippen LogP contribution in [0.3, 0.4) is 0 Å². The third kappa shape index (κ3) is 5.53. The van der Waals surface area contributed by atoms with Crippen LogP contribution in [0.15, 0.2) is 105 Å². The van der Waals surface area contributed by atoms with Gasteiger partial charge in [-0.15, -0.1) is 11.3 Å². The number of nitrogens with zero attached hydrogens (tertiary/aromatic N) is 4. The Bertz CT molecular complexity index is 1670. The number of hydrogen-bond acceptors (Lipinski definition) is 9. The molecule has 0 radical (unpaired) electrons. The third-order valence-corrected chi connectivity index (χ3v) is 7.65. The number of nitrogens with one attached hydrogen (secondary N) is 1. The van der Waals surface area contributed by atoms with Crippen LogP contribution in [0.5, 0.6) is 11.5 Å². The number of para-hydroxylation sites is 1. The van der Waals surface area contributed by atoms with Crippen molar-refractivity contribution < 1.29 is 9.26 Å². The number of thiazole rings is 1. The molecule has 0 saturated heterocycles. The Morgan fingerprint density at radius 2 is 1.79 bits per heavy atom. The first-order chi connectivity index (χ1) is 18.7. The summed E-state index contributed by atoms with van der Waals surface area (Å²) in [6, 6.07) is 24.1. The summed E-state index contributed by atoms with van der Waals surface area (Å²) in [7, 11) is 0. The highest BCUT2D eigenvalue weighted by atomic mass is 32.2. The zero-order valence-corrected chi connectivity index (χ0v) is 22.1. The quantitative estimate of drug-likeness (QED) is 0.199. The fourth-order valence-electron chi connectivity index (χ4n) is 3.96. The SMILES string of the molecule is Cc1noc2nccc(Sc3cnc(Nc4nc(CCc5ccccc5)cs4)c(Oc4ccccc4)c3)c12. The zero-order chi connectivity index (χ0) is 25.7. The molecule has 0 aliphatic rings. The highest BCUT2D eigenvalue weighted by Crippen LogP contribution is 2.39. The lowest BCUT2D eigenvalue weighted by Gasteiger charge is -2.12. The van der Waals surface area contributed by atoms with Gasteiger partial charge in [0, 0.05) is 33.6 Å². The molecule has 6 rings (SSSR count). The van der Waals surface area contributed by atoms with E-state index < -0.39 is 0 Å². The molecule has 0 spiro atoms. The molecule has 4 aromatic heterocycles. The maximum atomic E-state index is 6.26. The van der Waals surface area contributed by atoms with Crippen LogP contribution in [-0.4, -0.2) is 20.1 Å². The molecule has 0 aliphatic heterocycles. The van der Waals surface area contributed by atoms with Crippen molar-refractivity contribution in [2.24, 2.45) is 0 Å². The van der Waals surface area contributed by atoms with E-state index in [1.165, 1.54) is 5.56 Å². The summed E-state index contributed by atoms with van der Waals surface area (Å²) in [5, 5.41) is 11.2. The minimum atomic E-state index is 0.520. The van der Waals surface area contributed by atoms with Gasteiger partial charge >= 0.3 is 0 Å². The van der Waals surface area contributed by atoms with E-state index in [0.717, 1.165) is 50.3 Å². The van der Waals surface area contributed by atoms with Crippen molar-refractivity contribution in [2.45, 2.75) is 29.6 Å². The van der Waals surface area contributed by atoms with Crippen LogP contribution < -0.4 is 10.1 Å². The van der Waals surface area contributed by atoms with E-state index in [2.05, 4.69) is 45.1 Å². The molecule has 0 saturated carbocycles. The van der Waals surface area contributed by atoms with Crippen LogP contribution in [0.25, 0.3) is 11.1 Å². The van der Waals surface area contributed by atoms with Crippen LogP contribution in [0, 0.1) is 6.92 Å². The highest BCUT2D eigenvalue weighted by Gasteiger charge is 2.15. The predicted molar refractivity (Wildman–Crippen MR) is 151 cm³/mol. The first-order valence-electron chi connectivity index (χ1n) is 12.1. The van der Waals surface area contributed by atoms with E-state index in [1.54, 1.807) is 29.3 Å². The molecule has 38 heavy (non-hydrogen) atoms. The molecule has 9 heteroatoms. The maximum Gasteiger partial charge on any atom is 0.259 e. The number of pyridine rings is 2. The fourth-order valence-corrected chi connectivity index (χ4v) is 5.70. The molecule has 0 atom stereocenters. The summed E-state index contributed by atoms with van der Waals surface area (Å²) in [6.45, 7) is 1.91. The van der Waals surface area contributed by atoms with Gasteiger partial charge in [-0.25, -0.2) is 15.0 Å². The van der Waals surface area contributed by atoms with Crippen LogP contribution >= 0.6 is 23.1 Å². The van der Waals surface area contributed by atoms with Gasteiger partial charge in [0.2, 0.25) is 0 Å². The molecule has 2 aromatic carbocycles. The van der Waals surface area contributed by atoms with Crippen molar-refractivity contribution in [1.82, 2.24) is 20.1 Å². The van der Waals surface area contributed by atoms with Crippen molar-refractivity contribution in [2.75, 3.05) is 5.32 Å². The molecule has 0 bridgehead atoms. The van der Waals surface area contributed by atoms with E-state index in [9.17, 15) is 0 Å². The summed E-state index contributed by atoms with van der Waals surface area (Å²) < 4.78 is 11.6. The smallest absolute Gasteiger partial charge is 0.259 e. The van der Waals surface area contributed by atoms with Gasteiger partial charge in [0.15, 0.2) is 16.7 Å². The average Bonchev–Trinajstić information content (AvgIpc) is 3.57. The summed E-state index contributed by atoms with van der Waals surface area (Å²) >= 11 is 3.12. The Morgan fingerprint density at radius 1 is 0.974 bits per heavy atom. The predicted octanol–water partition coefficient (Wildman–Crippen LogP) is 7.86. The van der Waals surface area contributed by atoms with Gasteiger partial charge in [-0.1, -0.05) is 65.4 Å². The van der Waals surface area contributed by atoms with Crippen molar-refractivity contribution in [3.63, 3.8) is 0 Å². The van der Waals surface area contributed by atoms with E-state index in [1.807, 2.05) is 61.7 Å². The first kappa shape index (κ1) is 24.1. The number of aromatic nitrogens is 4. The van der Waals surface area contributed by atoms with Crippen LogP contribution in [0.4, 0.5) is 10.9 Å². The van der Waals surface area contributed by atoms with Gasteiger partial charge in [-0.05, 0) is 43.5 Å². The molecular weight excluding hydrogens is 514 g/mol. The topological polar surface area (TPSA) is 86.0 Å². The van der Waals surface area contributed by atoms with Crippen LogP contribution in [0.1, 0.15) is 17.0 Å². The lowest BCUT2D eigenvalue weighted by Crippen LogP contribution is -1.98. The highest BCUT2D eigenvalue weighted by molar-refractivity contribution is 7.99. The minimum absolute atomic E-state index is 0.520. The van der Waals surface area contributed by atoms with Crippen molar-refractivity contribution in [1.29, 1.82) is 0 Å². The number of benzene rings is 2. The first-order valence-corrected chi connectivity index (χ1v) is 13.8. The van der Waals surface area contributed by atoms with E-state index in [0.29, 0.717) is 17.3 Å². The molecule has 0 fully saturated rings. The van der Waals surface area contributed by atoms with Gasteiger partial charge in [0.05, 0.1) is 16.8 Å². The van der Waals surface area contributed by atoms with Gasteiger partial charge in [0.25, 0.3) is 5.71 Å². The molecule has 0 unspecified atom stereocenters. The van der Waals surface area contributed by atoms with Crippen molar-refractivity contribution >= 4 is 45.1 Å². The molecule has 0 amide bonds. The standard InChI is InChI=1S/C29H23N5O2S2/c1-19-26-25(14-15-30-28(26)36-34-19)38-23-16-24(35-22-10-6-3-7-11-22)27(31-17-23)33-29-32-21(18-37-29)13-12-20-8-4-2-5-9-20/h2-11,14-18H,12-13H2,1H3,(H,31,32,33). The third-order valence-electron chi connectivity index (χ3n) is 5.82. The normalized spacial score (nSPS) is 11.1. The molecule has 7 nitrogen and oxygen atoms in total. The molecule has 1 N–H and O–H groups in total. The largest absolute Gasteiger partial charge is 0.453 e. The number of rotatable bonds is 9. The molecular formula is C29H23N5O2S2. The molecule has 0 aliphatic carbocycles. The number of ether oxygens (including phenoxy) is 1. The Labute approximate surface area is 227 Å². The van der Waals surface area contributed by atoms with E-state index in [4.69, 9.17) is 19.2 Å². The number of aryl methyl sites for hydroxylation is 3. The van der Waals surface area contributed by atoms with Gasteiger partial charge < -0.3 is 14.6 Å². The summed E-state index contributed by atoms with van der Waals surface area (Å²) in [4.78, 5) is 15.7. The summed E-state index contributed by atoms with van der Waals surface area (Å²) in [5.74, 6) is 1.93. The van der Waals surface area contributed by atoms with Crippen molar-refractivity contribution in [3.05, 3.63) is 108 Å². The van der Waals surface area contributed by atoms with Crippen LogP contribution in [-0.2, 0) is 12.8 Å². The Kier molecular flexibility index (Phi) is 7.01. The van der Waals surface area contributed by atoms with Gasteiger partial charge in [0.1, 0.15) is 5.75 Å². The van der Waals surface area contributed by atoms with Gasteiger partial charge in [-0.3, -0.25) is 0 Å². The van der Waals surface area contributed by atoms with Crippen LogP contribution in [0.2, 0.25) is 0 Å². The fraction of sp³-hybridized carbons (Fsp3) is 0.103.